The molecule has 2 aromatic rings. The highest BCUT2D eigenvalue weighted by Crippen LogP contribution is 2.44. The molecular formula is C33H41F3O3. The molecule has 0 atom stereocenters. The zero-order valence-electron chi connectivity index (χ0n) is 22.9. The lowest BCUT2D eigenvalue weighted by atomic mass is 9.76. The summed E-state index contributed by atoms with van der Waals surface area (Å²) in [5.74, 6) is 1.11. The summed E-state index contributed by atoms with van der Waals surface area (Å²) in [4.78, 5) is 0. The summed E-state index contributed by atoms with van der Waals surface area (Å²) in [6.07, 6.45) is 5.74. The second-order valence-electron chi connectivity index (χ2n) is 12.6. The first-order valence-electron chi connectivity index (χ1n) is 15.1. The highest BCUT2D eigenvalue weighted by atomic mass is 19.3. The van der Waals surface area contributed by atoms with Crippen LogP contribution >= 0.6 is 0 Å². The molecule has 0 bridgehead atoms. The molecule has 1 saturated heterocycles. The average Bonchev–Trinajstić information content (AvgIpc) is 3.80. The standard InChI is InChI=1S/C33H41F3O3/c1-21-2-4-24(5-3-21)27-19-37-32(38-20-27)26-12-14-28(15-13-26)33(35,36)39-29-16-17-30(31(34)18-29)25-10-8-23(9-11-25)22-6-7-22/h8-11,16-18,21-22,24,26-28,32H,2-7,12-15,19-20H2,1H3. The minimum absolute atomic E-state index is 0.132. The Morgan fingerprint density at radius 3 is 2.00 bits per heavy atom. The van der Waals surface area contributed by atoms with E-state index in [0.29, 0.717) is 49.0 Å². The van der Waals surface area contributed by atoms with Gasteiger partial charge in [0.05, 0.1) is 19.1 Å². The van der Waals surface area contributed by atoms with Crippen LogP contribution < -0.4 is 4.74 Å². The van der Waals surface area contributed by atoms with Crippen LogP contribution in [0.15, 0.2) is 42.5 Å². The second kappa shape index (κ2) is 11.4. The van der Waals surface area contributed by atoms with Gasteiger partial charge in [-0.1, -0.05) is 44.0 Å². The average molecular weight is 543 g/mol. The van der Waals surface area contributed by atoms with Gasteiger partial charge in [0.25, 0.3) is 0 Å². The van der Waals surface area contributed by atoms with E-state index in [9.17, 15) is 4.39 Å². The maximum Gasteiger partial charge on any atom is 0.400 e. The predicted molar refractivity (Wildman–Crippen MR) is 145 cm³/mol. The Labute approximate surface area is 230 Å². The molecule has 4 fully saturated rings. The third kappa shape index (κ3) is 6.32. The summed E-state index contributed by atoms with van der Waals surface area (Å²) in [5.41, 5.74) is 2.40. The van der Waals surface area contributed by atoms with E-state index in [-0.39, 0.29) is 18.0 Å². The summed E-state index contributed by atoms with van der Waals surface area (Å²) < 4.78 is 62.5. The van der Waals surface area contributed by atoms with Crippen molar-refractivity contribution in [3.05, 3.63) is 53.8 Å². The van der Waals surface area contributed by atoms with Crippen molar-refractivity contribution in [2.45, 2.75) is 89.4 Å². The Morgan fingerprint density at radius 1 is 0.744 bits per heavy atom. The minimum atomic E-state index is -3.36. The monoisotopic (exact) mass is 542 g/mol. The molecule has 1 heterocycles. The molecule has 1 aliphatic heterocycles. The van der Waals surface area contributed by atoms with E-state index in [0.717, 1.165) is 30.8 Å². The largest absolute Gasteiger partial charge is 0.432 e. The van der Waals surface area contributed by atoms with Crippen molar-refractivity contribution in [1.82, 2.24) is 0 Å². The number of rotatable bonds is 7. The summed E-state index contributed by atoms with van der Waals surface area (Å²) in [7, 11) is 0. The van der Waals surface area contributed by atoms with Gasteiger partial charge in [0, 0.05) is 23.5 Å². The van der Waals surface area contributed by atoms with Crippen molar-refractivity contribution in [1.29, 1.82) is 0 Å². The second-order valence-corrected chi connectivity index (χ2v) is 12.6. The van der Waals surface area contributed by atoms with E-state index in [4.69, 9.17) is 14.2 Å². The van der Waals surface area contributed by atoms with Crippen LogP contribution in [0.2, 0.25) is 0 Å². The molecule has 3 aliphatic carbocycles. The molecule has 6 rings (SSSR count). The third-order valence-electron chi connectivity index (χ3n) is 9.77. The topological polar surface area (TPSA) is 27.7 Å². The van der Waals surface area contributed by atoms with Crippen LogP contribution in [0.25, 0.3) is 11.1 Å². The highest BCUT2D eigenvalue weighted by molar-refractivity contribution is 5.65. The zero-order chi connectivity index (χ0) is 27.0. The summed E-state index contributed by atoms with van der Waals surface area (Å²) in [6.45, 7) is 3.76. The molecule has 39 heavy (non-hydrogen) atoms. The van der Waals surface area contributed by atoms with Crippen molar-refractivity contribution in [2.24, 2.45) is 29.6 Å². The van der Waals surface area contributed by atoms with E-state index in [1.54, 1.807) is 0 Å². The molecule has 0 spiro atoms. The number of ether oxygens (including phenoxy) is 3. The van der Waals surface area contributed by atoms with E-state index < -0.39 is 17.8 Å². The quantitative estimate of drug-likeness (QED) is 0.349. The molecule has 0 amide bonds. The van der Waals surface area contributed by atoms with Crippen LogP contribution in [0.3, 0.4) is 0 Å². The molecule has 0 unspecified atom stereocenters. The van der Waals surface area contributed by atoms with Crippen LogP contribution in [0.1, 0.15) is 82.6 Å². The fourth-order valence-electron chi connectivity index (χ4n) is 6.95. The summed E-state index contributed by atoms with van der Waals surface area (Å²) >= 11 is 0. The normalized spacial score (nSPS) is 32.1. The van der Waals surface area contributed by atoms with Gasteiger partial charge in [0.2, 0.25) is 0 Å². The number of hydrogen-bond donors (Lipinski definition) is 0. The molecular weight excluding hydrogens is 501 g/mol. The number of halogens is 3. The van der Waals surface area contributed by atoms with Gasteiger partial charge < -0.3 is 14.2 Å². The van der Waals surface area contributed by atoms with E-state index in [2.05, 4.69) is 6.92 Å². The van der Waals surface area contributed by atoms with E-state index in [1.165, 1.54) is 56.2 Å². The Kier molecular flexibility index (Phi) is 7.96. The van der Waals surface area contributed by atoms with Crippen LogP contribution in [0.5, 0.6) is 5.75 Å². The lowest BCUT2D eigenvalue weighted by Gasteiger charge is -2.41. The lowest BCUT2D eigenvalue weighted by Crippen LogP contribution is -2.43. The SMILES string of the molecule is CC1CCC(C2COC(C3CCC(C(F)(F)Oc4ccc(-c5ccc(C6CC6)cc5)c(F)c4)CC3)OC2)CC1. The molecule has 4 aliphatic rings. The van der Waals surface area contributed by atoms with Crippen molar-refractivity contribution in [2.75, 3.05) is 13.2 Å². The first-order chi connectivity index (χ1) is 18.9. The Hall–Kier alpha value is -2.05. The fraction of sp³-hybridized carbons (Fsp3) is 0.636. The van der Waals surface area contributed by atoms with Crippen LogP contribution in [0.4, 0.5) is 13.2 Å². The van der Waals surface area contributed by atoms with Crippen LogP contribution in [-0.4, -0.2) is 25.6 Å². The van der Waals surface area contributed by atoms with Crippen LogP contribution in [0, 0.1) is 35.4 Å². The highest BCUT2D eigenvalue weighted by Gasteiger charge is 2.46. The molecule has 0 radical (unpaired) electrons. The van der Waals surface area contributed by atoms with Crippen molar-refractivity contribution in [3.63, 3.8) is 0 Å². The molecule has 2 aromatic carbocycles. The molecule has 3 saturated carbocycles. The Balaban J connectivity index is 0.991. The number of benzene rings is 2. The van der Waals surface area contributed by atoms with Gasteiger partial charge in [0.1, 0.15) is 11.6 Å². The molecule has 0 N–H and O–H groups in total. The van der Waals surface area contributed by atoms with Gasteiger partial charge >= 0.3 is 6.11 Å². The Morgan fingerprint density at radius 2 is 1.38 bits per heavy atom. The van der Waals surface area contributed by atoms with Gasteiger partial charge in [-0.05, 0) is 92.4 Å². The molecule has 212 valence electrons. The zero-order valence-corrected chi connectivity index (χ0v) is 22.9. The first kappa shape index (κ1) is 27.1. The van der Waals surface area contributed by atoms with Gasteiger partial charge in [-0.2, -0.15) is 8.78 Å². The maximum atomic E-state index is 15.1. The van der Waals surface area contributed by atoms with E-state index in [1.807, 2.05) is 24.3 Å². The number of alkyl halides is 2. The van der Waals surface area contributed by atoms with Crippen molar-refractivity contribution in [3.8, 4) is 16.9 Å². The third-order valence-corrected chi connectivity index (χ3v) is 9.77. The first-order valence-corrected chi connectivity index (χ1v) is 15.1. The van der Waals surface area contributed by atoms with Gasteiger partial charge in [-0.15, -0.1) is 0 Å². The van der Waals surface area contributed by atoms with Gasteiger partial charge in [-0.3, -0.25) is 0 Å². The molecule has 6 heteroatoms. The van der Waals surface area contributed by atoms with Gasteiger partial charge in [0.15, 0.2) is 6.29 Å². The summed E-state index contributed by atoms with van der Waals surface area (Å²) in [6, 6.07) is 11.9. The van der Waals surface area contributed by atoms with E-state index >= 15 is 8.78 Å². The smallest absolute Gasteiger partial charge is 0.400 e. The lowest BCUT2D eigenvalue weighted by molar-refractivity contribution is -0.251. The fourth-order valence-corrected chi connectivity index (χ4v) is 6.95. The van der Waals surface area contributed by atoms with Gasteiger partial charge in [-0.25, -0.2) is 4.39 Å². The number of hydrogen-bond acceptors (Lipinski definition) is 3. The molecule has 0 aromatic heterocycles. The summed E-state index contributed by atoms with van der Waals surface area (Å²) in [5, 5.41) is 0. The van der Waals surface area contributed by atoms with Crippen LogP contribution in [-0.2, 0) is 9.47 Å². The molecule has 3 nitrogen and oxygen atoms in total. The minimum Gasteiger partial charge on any atom is -0.432 e. The Bertz CT molecular complexity index is 1090. The maximum absolute atomic E-state index is 15.1. The predicted octanol–water partition coefficient (Wildman–Crippen LogP) is 8.96. The van der Waals surface area contributed by atoms with Crippen molar-refractivity contribution >= 4 is 0 Å². The van der Waals surface area contributed by atoms with Crippen molar-refractivity contribution < 1.29 is 27.4 Å².